The van der Waals surface area contributed by atoms with Crippen LogP contribution in [0.1, 0.15) is 0 Å². The molecule has 2 radical (unpaired) electrons. The molecular formula is H2Na2O3Te. The van der Waals surface area contributed by atoms with Crippen LogP contribution in [0.2, 0.25) is 0 Å². The molecule has 0 amide bonds. The van der Waals surface area contributed by atoms with Gasteiger partial charge in [0, 0.05) is 59.1 Å². The van der Waals surface area contributed by atoms with Gasteiger partial charge in [-0.3, -0.25) is 0 Å². The second-order valence-electron chi connectivity index (χ2n) is 0.231. The summed E-state index contributed by atoms with van der Waals surface area (Å²) in [5.41, 5.74) is 0. The van der Waals surface area contributed by atoms with E-state index in [4.69, 9.17) is 10.0 Å². The Morgan fingerprint density at radius 2 is 1.17 bits per heavy atom. The van der Waals surface area contributed by atoms with Crippen molar-refractivity contribution in [2.24, 2.45) is 0 Å². The van der Waals surface area contributed by atoms with Crippen LogP contribution in [0.25, 0.3) is 0 Å². The molecule has 6 heteroatoms. The monoisotopic (exact) mass is 226 g/mol. The molecule has 28 valence electrons. The molecule has 0 heterocycles. The second kappa shape index (κ2) is 10.5. The molecule has 0 aromatic carbocycles. The van der Waals surface area contributed by atoms with Crippen LogP contribution in [0.3, 0.4) is 0 Å². The molecular weight excluding hydrogens is 222 g/mol. The average Bonchev–Trinajstić information content (AvgIpc) is 0.811. The molecule has 0 aliphatic heterocycles. The van der Waals surface area contributed by atoms with E-state index in [9.17, 15) is 0 Å². The minimum absolute atomic E-state index is 0. The standard InChI is InChI=1S/2Na.H2O3Te/c;;1-4(2)3/h;;(H2,1,2,3). The van der Waals surface area contributed by atoms with E-state index in [2.05, 4.69) is 0 Å². The van der Waals surface area contributed by atoms with Crippen LogP contribution < -0.4 is 0 Å². The summed E-state index contributed by atoms with van der Waals surface area (Å²) in [6.45, 7) is 0. The van der Waals surface area contributed by atoms with Gasteiger partial charge < -0.3 is 0 Å². The molecule has 0 atom stereocenters. The normalized spacial score (nSPS) is 5.83. The molecule has 0 aromatic rings. The molecule has 0 aliphatic rings. The Morgan fingerprint density at radius 3 is 1.17 bits per heavy atom. The molecule has 2 N–H and O–H groups in total. The van der Waals surface area contributed by atoms with E-state index in [0.717, 1.165) is 0 Å². The topological polar surface area (TPSA) is 57.5 Å². The summed E-state index contributed by atoms with van der Waals surface area (Å²) < 4.78 is 23.3. The number of hydrogen-bond acceptors (Lipinski definition) is 1. The maximum atomic E-state index is 8.81. The fourth-order valence-corrected chi connectivity index (χ4v) is 0. The van der Waals surface area contributed by atoms with Crippen molar-refractivity contribution in [3.63, 3.8) is 0 Å². The maximum Gasteiger partial charge on any atom is 0 e. The van der Waals surface area contributed by atoms with E-state index in [1.165, 1.54) is 0 Å². The fourth-order valence-electron chi connectivity index (χ4n) is 0. The van der Waals surface area contributed by atoms with Crippen molar-refractivity contribution in [1.82, 2.24) is 0 Å². The van der Waals surface area contributed by atoms with E-state index in [-0.39, 0.29) is 59.1 Å². The van der Waals surface area contributed by atoms with Gasteiger partial charge in [-0.05, 0) is 0 Å². The van der Waals surface area contributed by atoms with Gasteiger partial charge in [-0.1, -0.05) is 0 Å². The zero-order valence-corrected chi connectivity index (χ0v) is 10.0. The average molecular weight is 224 g/mol. The summed E-state index contributed by atoms with van der Waals surface area (Å²) in [5.74, 6) is 0. The Kier molecular flexibility index (Phi) is 27.6. The van der Waals surface area contributed by atoms with E-state index in [1.54, 1.807) is 0 Å². The summed E-state index contributed by atoms with van der Waals surface area (Å²) >= 11 is -3.61. The molecule has 0 aromatic heterocycles. The van der Waals surface area contributed by atoms with E-state index in [1.807, 2.05) is 0 Å². The van der Waals surface area contributed by atoms with Crippen molar-refractivity contribution in [2.45, 2.75) is 0 Å². The minimum atomic E-state index is -3.61. The molecule has 0 bridgehead atoms. The molecule has 0 fully saturated rings. The van der Waals surface area contributed by atoms with Gasteiger partial charge in [0.2, 0.25) is 0 Å². The van der Waals surface area contributed by atoms with Crippen LogP contribution in [-0.4, -0.2) is 86.4 Å². The molecule has 3 nitrogen and oxygen atoms in total. The van der Waals surface area contributed by atoms with Crippen LogP contribution in [0.15, 0.2) is 0 Å². The summed E-state index contributed by atoms with van der Waals surface area (Å²) in [4.78, 5) is 0. The van der Waals surface area contributed by atoms with Crippen molar-refractivity contribution in [2.75, 3.05) is 0 Å². The van der Waals surface area contributed by atoms with Crippen molar-refractivity contribution in [3.05, 3.63) is 0 Å². The summed E-state index contributed by atoms with van der Waals surface area (Å²) in [6.07, 6.45) is 0. The van der Waals surface area contributed by atoms with Crippen molar-refractivity contribution in [3.8, 4) is 0 Å². The third-order valence-corrected chi connectivity index (χ3v) is 0. The van der Waals surface area contributed by atoms with E-state index < -0.39 is 20.4 Å². The van der Waals surface area contributed by atoms with Crippen LogP contribution in [0.5, 0.6) is 0 Å². The first-order chi connectivity index (χ1) is 1.73. The Hall–Kier alpha value is 2.51. The fraction of sp³-hybridized carbons (Fsp3) is 0. The molecule has 0 aliphatic carbocycles. The van der Waals surface area contributed by atoms with Crippen LogP contribution in [0, 0.1) is 0 Å². The maximum absolute atomic E-state index is 8.81. The van der Waals surface area contributed by atoms with Gasteiger partial charge in [-0.25, -0.2) is 0 Å². The summed E-state index contributed by atoms with van der Waals surface area (Å²) in [7, 11) is 0. The van der Waals surface area contributed by atoms with Gasteiger partial charge in [0.25, 0.3) is 0 Å². The van der Waals surface area contributed by atoms with Gasteiger partial charge in [-0.2, -0.15) is 0 Å². The first-order valence-corrected chi connectivity index (χ1v) is 3.57. The Bertz CT molecular complexity index is 31.8. The quantitative estimate of drug-likeness (QED) is 0.451. The first kappa shape index (κ1) is 15.8. The summed E-state index contributed by atoms with van der Waals surface area (Å²) in [5, 5.41) is 0. The largest absolute Gasteiger partial charge is 0 e. The Balaban J connectivity index is -0.0000000450. The van der Waals surface area contributed by atoms with Crippen LogP contribution in [0.4, 0.5) is 0 Å². The van der Waals surface area contributed by atoms with E-state index in [0.29, 0.717) is 0 Å². The van der Waals surface area contributed by atoms with E-state index >= 15 is 0 Å². The molecule has 0 spiro atoms. The van der Waals surface area contributed by atoms with Gasteiger partial charge in [0.1, 0.15) is 0 Å². The smallest absolute Gasteiger partial charge is 0 e. The van der Waals surface area contributed by atoms with Crippen molar-refractivity contribution in [1.29, 1.82) is 0 Å². The van der Waals surface area contributed by atoms with Gasteiger partial charge in [-0.15, -0.1) is 0 Å². The number of rotatable bonds is 0. The molecule has 0 rings (SSSR count). The van der Waals surface area contributed by atoms with Crippen LogP contribution in [-0.2, 0) is 3.10 Å². The molecule has 0 saturated heterocycles. The van der Waals surface area contributed by atoms with Crippen molar-refractivity contribution >= 4 is 79.5 Å². The Labute approximate surface area is 87.8 Å². The van der Waals surface area contributed by atoms with Crippen molar-refractivity contribution < 1.29 is 10.0 Å². The SMILES string of the molecule is O=[Te](O)O.[Na].[Na]. The third kappa shape index (κ3) is 31.4. The Morgan fingerprint density at radius 1 is 1.17 bits per heavy atom. The predicted molar refractivity (Wildman–Crippen MR) is 22.4 cm³/mol. The zero-order valence-electron chi connectivity index (χ0n) is 3.71. The predicted octanol–water partition coefficient (Wildman–Crippen LogP) is -2.38. The summed E-state index contributed by atoms with van der Waals surface area (Å²) in [6, 6.07) is 0. The molecule has 0 unspecified atom stereocenters. The second-order valence-corrected chi connectivity index (χ2v) is 1.55. The minimum Gasteiger partial charge on any atom is 0 e. The molecule has 0 saturated carbocycles. The molecule has 6 heavy (non-hydrogen) atoms. The van der Waals surface area contributed by atoms with Gasteiger partial charge >= 0.3 is 30.4 Å². The van der Waals surface area contributed by atoms with Crippen LogP contribution >= 0.6 is 0 Å². The van der Waals surface area contributed by atoms with Gasteiger partial charge in [0.05, 0.1) is 0 Å². The number of hydrogen-bond donors (Lipinski definition) is 2. The first-order valence-electron chi connectivity index (χ1n) is 0.532. The van der Waals surface area contributed by atoms with Gasteiger partial charge in [0.15, 0.2) is 0 Å². The third-order valence-electron chi connectivity index (χ3n) is 0. The zero-order chi connectivity index (χ0) is 3.58.